The zero-order chi connectivity index (χ0) is 11.4. The second-order valence-electron chi connectivity index (χ2n) is 4.38. The van der Waals surface area contributed by atoms with Gasteiger partial charge in [0.25, 0.3) is 0 Å². The van der Waals surface area contributed by atoms with Crippen molar-refractivity contribution < 1.29 is 0 Å². The van der Waals surface area contributed by atoms with Crippen molar-refractivity contribution in [2.45, 2.75) is 26.7 Å². The van der Waals surface area contributed by atoms with E-state index in [0.29, 0.717) is 5.41 Å². The second kappa shape index (κ2) is 4.79. The SMILES string of the molecule is C1=C(c2cccnc2)CCC12CNC2.CC. The largest absolute Gasteiger partial charge is 0.315 e. The van der Waals surface area contributed by atoms with Crippen molar-refractivity contribution in [1.29, 1.82) is 0 Å². The highest BCUT2D eigenvalue weighted by molar-refractivity contribution is 5.68. The van der Waals surface area contributed by atoms with Crippen LogP contribution in [-0.4, -0.2) is 18.1 Å². The molecule has 2 heteroatoms. The van der Waals surface area contributed by atoms with E-state index in [1.807, 2.05) is 32.3 Å². The van der Waals surface area contributed by atoms with Crippen molar-refractivity contribution in [2.75, 3.05) is 13.1 Å². The molecule has 0 amide bonds. The Bertz CT molecular complexity index is 364. The minimum absolute atomic E-state index is 0.491. The van der Waals surface area contributed by atoms with Crippen LogP contribution in [0.15, 0.2) is 30.6 Å². The van der Waals surface area contributed by atoms with Gasteiger partial charge in [-0.25, -0.2) is 0 Å². The van der Waals surface area contributed by atoms with E-state index < -0.39 is 0 Å². The van der Waals surface area contributed by atoms with Crippen LogP contribution < -0.4 is 5.32 Å². The monoisotopic (exact) mass is 216 g/mol. The Morgan fingerprint density at radius 1 is 1.31 bits per heavy atom. The summed E-state index contributed by atoms with van der Waals surface area (Å²) in [7, 11) is 0. The lowest BCUT2D eigenvalue weighted by Gasteiger charge is -2.37. The summed E-state index contributed by atoms with van der Waals surface area (Å²) >= 11 is 0. The number of allylic oxidation sites excluding steroid dienone is 1. The van der Waals surface area contributed by atoms with Gasteiger partial charge in [0.15, 0.2) is 0 Å². The maximum absolute atomic E-state index is 4.16. The molecule has 2 heterocycles. The fourth-order valence-electron chi connectivity index (χ4n) is 2.40. The third-order valence-electron chi connectivity index (χ3n) is 3.36. The Morgan fingerprint density at radius 2 is 2.12 bits per heavy atom. The molecule has 1 aromatic heterocycles. The summed E-state index contributed by atoms with van der Waals surface area (Å²) in [6.45, 7) is 6.33. The predicted molar refractivity (Wildman–Crippen MR) is 68.1 cm³/mol. The smallest absolute Gasteiger partial charge is 0.0342 e. The number of rotatable bonds is 1. The molecule has 1 aliphatic heterocycles. The van der Waals surface area contributed by atoms with Gasteiger partial charge in [0.1, 0.15) is 0 Å². The number of hydrogen-bond acceptors (Lipinski definition) is 2. The molecular weight excluding hydrogens is 196 g/mol. The lowest BCUT2D eigenvalue weighted by Crippen LogP contribution is -2.50. The van der Waals surface area contributed by atoms with Gasteiger partial charge in [-0.3, -0.25) is 4.98 Å². The topological polar surface area (TPSA) is 24.9 Å². The van der Waals surface area contributed by atoms with Crippen LogP contribution in [0.2, 0.25) is 0 Å². The van der Waals surface area contributed by atoms with Crippen molar-refractivity contribution in [3.63, 3.8) is 0 Å². The Hall–Kier alpha value is -1.15. The van der Waals surface area contributed by atoms with Crippen molar-refractivity contribution in [2.24, 2.45) is 5.41 Å². The lowest BCUT2D eigenvalue weighted by atomic mass is 9.82. The number of nitrogens with zero attached hydrogens (tertiary/aromatic N) is 1. The molecule has 2 aliphatic rings. The first-order valence-corrected chi connectivity index (χ1v) is 6.21. The quantitative estimate of drug-likeness (QED) is 0.780. The zero-order valence-electron chi connectivity index (χ0n) is 10.2. The maximum atomic E-state index is 4.16. The number of aromatic nitrogens is 1. The van der Waals surface area contributed by atoms with Crippen molar-refractivity contribution in [3.8, 4) is 0 Å². The van der Waals surface area contributed by atoms with Crippen molar-refractivity contribution >= 4 is 5.57 Å². The molecule has 1 aliphatic carbocycles. The van der Waals surface area contributed by atoms with Gasteiger partial charge in [0, 0.05) is 30.9 Å². The lowest BCUT2D eigenvalue weighted by molar-refractivity contribution is 0.236. The molecule has 86 valence electrons. The summed E-state index contributed by atoms with van der Waals surface area (Å²) in [6, 6.07) is 4.17. The van der Waals surface area contributed by atoms with E-state index in [2.05, 4.69) is 22.4 Å². The van der Waals surface area contributed by atoms with Gasteiger partial charge in [-0.1, -0.05) is 26.0 Å². The average Bonchev–Trinajstić information content (AvgIpc) is 2.78. The van der Waals surface area contributed by atoms with E-state index in [1.165, 1.54) is 24.0 Å². The molecule has 0 radical (unpaired) electrons. The molecule has 3 rings (SSSR count). The Balaban J connectivity index is 0.000000457. The Labute approximate surface area is 97.8 Å². The van der Waals surface area contributed by atoms with Crippen LogP contribution in [0.4, 0.5) is 0 Å². The predicted octanol–water partition coefficient (Wildman–Crippen LogP) is 2.87. The first-order chi connectivity index (χ1) is 7.88. The molecule has 0 aromatic carbocycles. The van der Waals surface area contributed by atoms with Crippen LogP contribution in [0.5, 0.6) is 0 Å². The van der Waals surface area contributed by atoms with Crippen molar-refractivity contribution in [1.82, 2.24) is 10.3 Å². The maximum Gasteiger partial charge on any atom is 0.0342 e. The van der Waals surface area contributed by atoms with Gasteiger partial charge in [0.2, 0.25) is 0 Å². The van der Waals surface area contributed by atoms with Crippen LogP contribution in [0.25, 0.3) is 5.57 Å². The summed E-state index contributed by atoms with van der Waals surface area (Å²) < 4.78 is 0. The standard InChI is InChI=1S/C12H14N2.C2H6/c1-2-11(7-13-5-1)10-3-4-12(6-10)8-14-9-12;1-2/h1-2,5-7,14H,3-4,8-9H2;1-2H3. The van der Waals surface area contributed by atoms with Crippen LogP contribution >= 0.6 is 0 Å². The highest BCUT2D eigenvalue weighted by Gasteiger charge is 2.38. The minimum Gasteiger partial charge on any atom is -0.315 e. The molecule has 1 aromatic rings. The fourth-order valence-corrected chi connectivity index (χ4v) is 2.40. The molecule has 0 saturated carbocycles. The number of nitrogens with one attached hydrogen (secondary N) is 1. The number of hydrogen-bond donors (Lipinski definition) is 1. The van der Waals surface area contributed by atoms with Crippen LogP contribution in [0.1, 0.15) is 32.3 Å². The first-order valence-electron chi connectivity index (χ1n) is 6.21. The third kappa shape index (κ3) is 2.03. The highest BCUT2D eigenvalue weighted by atomic mass is 15.0. The summed E-state index contributed by atoms with van der Waals surface area (Å²) in [5.41, 5.74) is 3.28. The molecule has 16 heavy (non-hydrogen) atoms. The van der Waals surface area contributed by atoms with E-state index in [1.54, 1.807) is 0 Å². The highest BCUT2D eigenvalue weighted by Crippen LogP contribution is 2.42. The number of pyridine rings is 1. The van der Waals surface area contributed by atoms with E-state index >= 15 is 0 Å². The minimum atomic E-state index is 0.491. The third-order valence-corrected chi connectivity index (χ3v) is 3.36. The van der Waals surface area contributed by atoms with Gasteiger partial charge < -0.3 is 5.32 Å². The molecular formula is C14H20N2. The summed E-state index contributed by atoms with van der Waals surface area (Å²) in [5.74, 6) is 0. The second-order valence-corrected chi connectivity index (χ2v) is 4.38. The first kappa shape index (κ1) is 11.3. The van der Waals surface area contributed by atoms with E-state index in [4.69, 9.17) is 0 Å². The van der Waals surface area contributed by atoms with Crippen LogP contribution in [0, 0.1) is 5.41 Å². The molecule has 0 bridgehead atoms. The fraction of sp³-hybridized carbons (Fsp3) is 0.500. The average molecular weight is 216 g/mol. The van der Waals surface area contributed by atoms with Gasteiger partial charge in [-0.05, 0) is 30.0 Å². The molecule has 1 fully saturated rings. The van der Waals surface area contributed by atoms with Gasteiger partial charge in [-0.2, -0.15) is 0 Å². The molecule has 0 atom stereocenters. The van der Waals surface area contributed by atoms with E-state index in [9.17, 15) is 0 Å². The van der Waals surface area contributed by atoms with Crippen LogP contribution in [-0.2, 0) is 0 Å². The molecule has 2 nitrogen and oxygen atoms in total. The molecule has 1 spiro atoms. The zero-order valence-corrected chi connectivity index (χ0v) is 10.2. The Kier molecular flexibility index (Phi) is 3.39. The van der Waals surface area contributed by atoms with E-state index in [-0.39, 0.29) is 0 Å². The molecule has 0 unspecified atom stereocenters. The Morgan fingerprint density at radius 3 is 2.62 bits per heavy atom. The van der Waals surface area contributed by atoms with Gasteiger partial charge >= 0.3 is 0 Å². The molecule has 1 N–H and O–H groups in total. The van der Waals surface area contributed by atoms with Gasteiger partial charge in [0.05, 0.1) is 0 Å². The summed E-state index contributed by atoms with van der Waals surface area (Å²) in [5, 5.41) is 3.36. The summed E-state index contributed by atoms with van der Waals surface area (Å²) in [4.78, 5) is 4.16. The van der Waals surface area contributed by atoms with E-state index in [0.717, 1.165) is 13.1 Å². The summed E-state index contributed by atoms with van der Waals surface area (Å²) in [6.07, 6.45) is 8.79. The normalized spacial score (nSPS) is 20.8. The van der Waals surface area contributed by atoms with Gasteiger partial charge in [-0.15, -0.1) is 0 Å². The van der Waals surface area contributed by atoms with Crippen molar-refractivity contribution in [3.05, 3.63) is 36.2 Å². The molecule has 1 saturated heterocycles. The van der Waals surface area contributed by atoms with Crippen LogP contribution in [0.3, 0.4) is 0 Å².